The molecule has 2 aromatic carbocycles. The highest BCUT2D eigenvalue weighted by atomic mass is 32.2. The summed E-state index contributed by atoms with van der Waals surface area (Å²) in [5, 5.41) is 39.6. The molecule has 0 fully saturated rings. The van der Waals surface area contributed by atoms with Crippen LogP contribution in [0.5, 0.6) is 0 Å². The molecule has 3 aromatic rings. The van der Waals surface area contributed by atoms with Crippen molar-refractivity contribution >= 4 is 45.1 Å². The monoisotopic (exact) mass is 478 g/mol. The van der Waals surface area contributed by atoms with Gasteiger partial charge >= 0.3 is 0 Å². The molecule has 0 bridgehead atoms. The number of rotatable bonds is 8. The Morgan fingerprint density at radius 2 is 1.88 bits per heavy atom. The Morgan fingerprint density at radius 1 is 1.16 bits per heavy atom. The highest BCUT2D eigenvalue weighted by molar-refractivity contribution is 7.99. The summed E-state index contributed by atoms with van der Waals surface area (Å²) >= 11 is 1.07. The molecule has 0 spiro atoms. The van der Waals surface area contributed by atoms with Crippen LogP contribution < -0.4 is 10.6 Å². The van der Waals surface area contributed by atoms with E-state index in [-0.39, 0.29) is 11.4 Å². The number of benzene rings is 2. The van der Waals surface area contributed by atoms with Crippen LogP contribution in [0, 0.1) is 20.2 Å². The number of aromatic nitrogens is 3. The van der Waals surface area contributed by atoms with Crippen LogP contribution in [0.4, 0.5) is 17.1 Å². The molecule has 0 aliphatic heterocycles. The van der Waals surface area contributed by atoms with Crippen molar-refractivity contribution < 1.29 is 18.3 Å². The van der Waals surface area contributed by atoms with Crippen LogP contribution in [0.25, 0.3) is 0 Å². The number of nitro groups is 2. The Kier molecular flexibility index (Phi) is 6.47. The van der Waals surface area contributed by atoms with Gasteiger partial charge in [-0.25, -0.2) is 13.6 Å². The number of nitro benzene ring substituents is 2. The number of nitrogens with one attached hydrogen (secondary N) is 1. The van der Waals surface area contributed by atoms with Gasteiger partial charge in [0, 0.05) is 24.7 Å². The predicted octanol–water partition coefficient (Wildman–Crippen LogP) is 1.88. The van der Waals surface area contributed by atoms with Gasteiger partial charge in [-0.2, -0.15) is 5.10 Å². The van der Waals surface area contributed by atoms with E-state index in [1.54, 1.807) is 17.7 Å². The van der Waals surface area contributed by atoms with Gasteiger partial charge in [-0.15, -0.1) is 10.2 Å². The van der Waals surface area contributed by atoms with Crippen LogP contribution in [0.3, 0.4) is 0 Å². The molecule has 0 amide bonds. The summed E-state index contributed by atoms with van der Waals surface area (Å²) in [6.07, 6.45) is 2.69. The van der Waals surface area contributed by atoms with E-state index in [2.05, 4.69) is 20.7 Å². The van der Waals surface area contributed by atoms with E-state index < -0.39 is 30.5 Å². The van der Waals surface area contributed by atoms with Gasteiger partial charge in [0.25, 0.3) is 11.4 Å². The maximum atomic E-state index is 11.5. The number of primary sulfonamides is 1. The molecular formula is C16H14N8O6S2. The molecule has 1 aromatic heterocycles. The molecule has 1 heterocycles. The average molecular weight is 478 g/mol. The zero-order valence-electron chi connectivity index (χ0n) is 16.1. The molecule has 0 radical (unpaired) electrons. The van der Waals surface area contributed by atoms with Crippen molar-refractivity contribution in [1.82, 2.24) is 14.8 Å². The molecular weight excluding hydrogens is 464 g/mol. The van der Waals surface area contributed by atoms with Gasteiger partial charge in [0.2, 0.25) is 10.0 Å². The second-order valence-corrected chi connectivity index (χ2v) is 8.73. The largest absolute Gasteiger partial charge is 0.311 e. The SMILES string of the molecule is Cn1cnnc1Sc1ccc(/C=N/Nc2ccc(S(N)(=O)=O)cc2[N+](=O)[O-])cc1[N+](=O)[O-]. The maximum Gasteiger partial charge on any atom is 0.295 e. The second kappa shape index (κ2) is 9.08. The predicted molar refractivity (Wildman–Crippen MR) is 114 cm³/mol. The lowest BCUT2D eigenvalue weighted by Crippen LogP contribution is -2.12. The molecule has 3 N–H and O–H groups in total. The first-order valence-electron chi connectivity index (χ1n) is 8.47. The highest BCUT2D eigenvalue weighted by Gasteiger charge is 2.19. The number of aryl methyl sites for hydroxylation is 1. The van der Waals surface area contributed by atoms with Crippen molar-refractivity contribution in [3.05, 3.63) is 68.5 Å². The lowest BCUT2D eigenvalue weighted by atomic mass is 10.2. The van der Waals surface area contributed by atoms with Crippen LogP contribution in [0.15, 0.2) is 62.8 Å². The minimum absolute atomic E-state index is 0.0948. The molecule has 0 aliphatic rings. The van der Waals surface area contributed by atoms with Gasteiger partial charge in [0.15, 0.2) is 5.16 Å². The number of nitrogens with two attached hydrogens (primary N) is 1. The van der Waals surface area contributed by atoms with E-state index in [0.717, 1.165) is 30.0 Å². The van der Waals surface area contributed by atoms with E-state index in [0.29, 0.717) is 15.6 Å². The summed E-state index contributed by atoms with van der Waals surface area (Å²) in [5.41, 5.74) is 1.92. The second-order valence-electron chi connectivity index (χ2n) is 6.16. The molecule has 3 rings (SSSR count). The molecule has 0 saturated heterocycles. The summed E-state index contributed by atoms with van der Waals surface area (Å²) in [6, 6.07) is 7.39. The quantitative estimate of drug-likeness (QED) is 0.273. The lowest BCUT2D eigenvalue weighted by Gasteiger charge is -2.05. The van der Waals surface area contributed by atoms with Crippen molar-refractivity contribution in [1.29, 1.82) is 0 Å². The number of sulfonamides is 1. The van der Waals surface area contributed by atoms with Gasteiger partial charge in [-0.05, 0) is 30.0 Å². The van der Waals surface area contributed by atoms with Gasteiger partial charge < -0.3 is 4.57 Å². The van der Waals surface area contributed by atoms with Crippen LogP contribution >= 0.6 is 11.8 Å². The minimum Gasteiger partial charge on any atom is -0.311 e. The van der Waals surface area contributed by atoms with Crippen LogP contribution in [0.2, 0.25) is 0 Å². The third kappa shape index (κ3) is 5.23. The fourth-order valence-corrected chi connectivity index (χ4v) is 3.80. The fourth-order valence-electron chi connectivity index (χ4n) is 2.42. The van der Waals surface area contributed by atoms with E-state index in [1.165, 1.54) is 24.7 Å². The summed E-state index contributed by atoms with van der Waals surface area (Å²) in [4.78, 5) is 21.3. The summed E-state index contributed by atoms with van der Waals surface area (Å²) in [6.45, 7) is 0. The van der Waals surface area contributed by atoms with Crippen LogP contribution in [-0.2, 0) is 17.1 Å². The van der Waals surface area contributed by atoms with Crippen LogP contribution in [-0.4, -0.2) is 39.2 Å². The number of hydrogen-bond acceptors (Lipinski definition) is 11. The molecule has 0 unspecified atom stereocenters. The fraction of sp³-hybridized carbons (Fsp3) is 0.0625. The molecule has 0 saturated carbocycles. The highest BCUT2D eigenvalue weighted by Crippen LogP contribution is 2.34. The molecule has 16 heteroatoms. The minimum atomic E-state index is -4.12. The Bertz CT molecular complexity index is 1340. The van der Waals surface area contributed by atoms with Crippen LogP contribution in [0.1, 0.15) is 5.56 Å². The normalized spacial score (nSPS) is 11.6. The zero-order valence-corrected chi connectivity index (χ0v) is 17.8. The first-order valence-corrected chi connectivity index (χ1v) is 10.8. The molecule has 32 heavy (non-hydrogen) atoms. The molecule has 166 valence electrons. The summed E-state index contributed by atoms with van der Waals surface area (Å²) in [5.74, 6) is 0. The van der Waals surface area contributed by atoms with E-state index in [9.17, 15) is 28.6 Å². The summed E-state index contributed by atoms with van der Waals surface area (Å²) < 4.78 is 24.4. The third-order valence-electron chi connectivity index (χ3n) is 3.94. The van der Waals surface area contributed by atoms with Crippen molar-refractivity contribution in [3.8, 4) is 0 Å². The number of anilines is 1. The smallest absolute Gasteiger partial charge is 0.295 e. The number of hydrazone groups is 1. The van der Waals surface area contributed by atoms with E-state index in [1.807, 2.05) is 0 Å². The first-order chi connectivity index (χ1) is 15.1. The molecule has 0 aliphatic carbocycles. The van der Waals surface area contributed by atoms with Gasteiger partial charge in [0.05, 0.1) is 25.9 Å². The van der Waals surface area contributed by atoms with Gasteiger partial charge in [-0.3, -0.25) is 25.7 Å². The Labute approximate surface area is 184 Å². The Hall–Kier alpha value is -3.89. The standard InChI is InChI=1S/C16H14N8O6S2/c1-22-9-19-21-16(22)31-15-5-2-10(6-14(15)24(27)28)8-18-20-12-4-3-11(32(17,29)30)7-13(12)23(25)26/h2-9,20H,1H3,(H2,17,29,30)/b18-8+. The average Bonchev–Trinajstić information content (AvgIpc) is 3.12. The topological polar surface area (TPSA) is 202 Å². The Balaban J connectivity index is 1.84. The first kappa shape index (κ1) is 22.8. The Morgan fingerprint density at radius 3 is 2.47 bits per heavy atom. The molecule has 0 atom stereocenters. The molecule has 14 nitrogen and oxygen atoms in total. The number of hydrogen-bond donors (Lipinski definition) is 2. The van der Waals surface area contributed by atoms with Crippen molar-refractivity contribution in [2.24, 2.45) is 17.3 Å². The summed E-state index contributed by atoms with van der Waals surface area (Å²) in [7, 11) is -2.42. The maximum absolute atomic E-state index is 11.5. The zero-order chi connectivity index (χ0) is 23.5. The van der Waals surface area contributed by atoms with E-state index in [4.69, 9.17) is 5.14 Å². The van der Waals surface area contributed by atoms with Crippen molar-refractivity contribution in [2.75, 3.05) is 5.43 Å². The third-order valence-corrected chi connectivity index (χ3v) is 5.97. The lowest BCUT2D eigenvalue weighted by molar-refractivity contribution is -0.387. The van der Waals surface area contributed by atoms with Crippen molar-refractivity contribution in [3.63, 3.8) is 0 Å². The number of nitrogens with zero attached hydrogens (tertiary/aromatic N) is 6. The van der Waals surface area contributed by atoms with Gasteiger partial charge in [-0.1, -0.05) is 6.07 Å². The van der Waals surface area contributed by atoms with Crippen molar-refractivity contribution in [2.45, 2.75) is 14.9 Å². The van der Waals surface area contributed by atoms with E-state index >= 15 is 0 Å². The van der Waals surface area contributed by atoms with Gasteiger partial charge in [0.1, 0.15) is 12.0 Å².